The zero-order chi connectivity index (χ0) is 18.0. The number of nitrogens with zero attached hydrogens (tertiary/aromatic N) is 1. The Bertz CT molecular complexity index is 820. The molecule has 1 fully saturated rings. The van der Waals surface area contributed by atoms with Gasteiger partial charge in [0.1, 0.15) is 11.3 Å². The van der Waals surface area contributed by atoms with E-state index in [0.717, 1.165) is 22.1 Å². The number of carbonyl (C=O) groups is 2. The molecule has 1 aliphatic rings. The van der Waals surface area contributed by atoms with Gasteiger partial charge >= 0.3 is 6.03 Å². The molecule has 1 saturated heterocycles. The first-order valence-electron chi connectivity index (χ1n) is 8.29. The molecular formula is C19H22N2O4. The molecule has 1 atom stereocenters. The number of amides is 3. The number of urea groups is 1. The maximum atomic E-state index is 12.8. The third-order valence-corrected chi connectivity index (χ3v) is 4.56. The van der Waals surface area contributed by atoms with Crippen molar-refractivity contribution in [3.05, 3.63) is 42.0 Å². The Balaban J connectivity index is 1.90. The fraction of sp³-hybridized carbons (Fsp3) is 0.368. The normalized spacial score (nSPS) is 20.2. The van der Waals surface area contributed by atoms with Crippen LogP contribution in [0.5, 0.6) is 5.75 Å². The van der Waals surface area contributed by atoms with E-state index >= 15 is 0 Å². The average molecular weight is 342 g/mol. The molecule has 0 saturated carbocycles. The molecule has 6 nitrogen and oxygen atoms in total. The SMILES string of the molecule is CCOCCN1C(=O)N[C@@](C)(c2ccc3cc(OC)ccc3c2)C1=O. The summed E-state index contributed by atoms with van der Waals surface area (Å²) in [5, 5.41) is 4.81. The molecule has 1 heterocycles. The molecule has 132 valence electrons. The maximum Gasteiger partial charge on any atom is 0.325 e. The molecule has 0 bridgehead atoms. The first kappa shape index (κ1) is 17.2. The van der Waals surface area contributed by atoms with Gasteiger partial charge in [-0.25, -0.2) is 4.79 Å². The van der Waals surface area contributed by atoms with Crippen LogP contribution in [0.1, 0.15) is 19.4 Å². The van der Waals surface area contributed by atoms with Crippen molar-refractivity contribution in [2.75, 3.05) is 26.9 Å². The van der Waals surface area contributed by atoms with E-state index in [1.54, 1.807) is 14.0 Å². The standard InChI is InChI=1S/C19H22N2O4/c1-4-25-10-9-21-17(22)19(2,20-18(21)23)15-7-5-14-12-16(24-3)8-6-13(14)11-15/h5-8,11-12H,4,9-10H2,1-3H3,(H,20,23)/t19-/m0/s1. The van der Waals surface area contributed by atoms with E-state index in [0.29, 0.717) is 13.2 Å². The van der Waals surface area contributed by atoms with Gasteiger partial charge in [-0.1, -0.05) is 18.2 Å². The summed E-state index contributed by atoms with van der Waals surface area (Å²) in [6.07, 6.45) is 0. The number of fused-ring (bicyclic) bond motifs is 1. The topological polar surface area (TPSA) is 67.9 Å². The van der Waals surface area contributed by atoms with Crippen molar-refractivity contribution in [1.29, 1.82) is 0 Å². The third-order valence-electron chi connectivity index (χ3n) is 4.56. The van der Waals surface area contributed by atoms with Crippen molar-refractivity contribution in [2.24, 2.45) is 0 Å². The maximum absolute atomic E-state index is 12.8. The Hall–Kier alpha value is -2.60. The van der Waals surface area contributed by atoms with E-state index in [1.807, 2.05) is 43.3 Å². The van der Waals surface area contributed by atoms with Crippen LogP contribution >= 0.6 is 0 Å². The van der Waals surface area contributed by atoms with Gasteiger partial charge in [-0.15, -0.1) is 0 Å². The van der Waals surface area contributed by atoms with Crippen LogP contribution in [0.3, 0.4) is 0 Å². The molecule has 0 aliphatic carbocycles. The van der Waals surface area contributed by atoms with Crippen LogP contribution in [-0.2, 0) is 15.1 Å². The van der Waals surface area contributed by atoms with Crippen LogP contribution in [0.2, 0.25) is 0 Å². The number of imide groups is 1. The fourth-order valence-corrected chi connectivity index (χ4v) is 3.06. The molecule has 0 unspecified atom stereocenters. The van der Waals surface area contributed by atoms with Crippen molar-refractivity contribution >= 4 is 22.7 Å². The Labute approximate surface area is 146 Å². The lowest BCUT2D eigenvalue weighted by molar-refractivity contribution is -0.131. The minimum atomic E-state index is -1.07. The van der Waals surface area contributed by atoms with Gasteiger partial charge in [0.2, 0.25) is 0 Å². The predicted molar refractivity (Wildman–Crippen MR) is 94.6 cm³/mol. The highest BCUT2D eigenvalue weighted by Crippen LogP contribution is 2.31. The highest BCUT2D eigenvalue weighted by Gasteiger charge is 2.48. The summed E-state index contributed by atoms with van der Waals surface area (Å²) in [6.45, 7) is 4.75. The number of benzene rings is 2. The van der Waals surface area contributed by atoms with Gasteiger partial charge in [-0.05, 0) is 48.4 Å². The number of hydrogen-bond acceptors (Lipinski definition) is 4. The van der Waals surface area contributed by atoms with Crippen LogP contribution in [-0.4, -0.2) is 43.7 Å². The molecule has 25 heavy (non-hydrogen) atoms. The second-order valence-corrected chi connectivity index (χ2v) is 6.14. The monoisotopic (exact) mass is 342 g/mol. The van der Waals surface area contributed by atoms with Crippen LogP contribution in [0, 0.1) is 0 Å². The molecule has 3 rings (SSSR count). The Morgan fingerprint density at radius 1 is 1.12 bits per heavy atom. The zero-order valence-corrected chi connectivity index (χ0v) is 14.7. The number of methoxy groups -OCH3 is 1. The van der Waals surface area contributed by atoms with Crippen LogP contribution < -0.4 is 10.1 Å². The Morgan fingerprint density at radius 3 is 2.56 bits per heavy atom. The quantitative estimate of drug-likeness (QED) is 0.647. The van der Waals surface area contributed by atoms with Gasteiger partial charge in [0, 0.05) is 6.61 Å². The van der Waals surface area contributed by atoms with Crippen LogP contribution in [0.25, 0.3) is 10.8 Å². The van der Waals surface area contributed by atoms with Crippen molar-refractivity contribution < 1.29 is 19.1 Å². The van der Waals surface area contributed by atoms with Crippen molar-refractivity contribution in [2.45, 2.75) is 19.4 Å². The number of carbonyl (C=O) groups excluding carboxylic acids is 2. The van der Waals surface area contributed by atoms with Crippen molar-refractivity contribution in [1.82, 2.24) is 10.2 Å². The number of rotatable bonds is 6. The number of hydrogen-bond donors (Lipinski definition) is 1. The number of ether oxygens (including phenoxy) is 2. The summed E-state index contributed by atoms with van der Waals surface area (Å²) in [6, 6.07) is 11.1. The highest BCUT2D eigenvalue weighted by atomic mass is 16.5. The lowest BCUT2D eigenvalue weighted by Crippen LogP contribution is -2.41. The molecule has 0 aromatic heterocycles. The zero-order valence-electron chi connectivity index (χ0n) is 14.7. The minimum Gasteiger partial charge on any atom is -0.497 e. The largest absolute Gasteiger partial charge is 0.497 e. The second kappa shape index (κ2) is 6.72. The summed E-state index contributed by atoms with van der Waals surface area (Å²) in [4.78, 5) is 26.3. The number of nitrogens with one attached hydrogen (secondary N) is 1. The molecule has 6 heteroatoms. The summed E-state index contributed by atoms with van der Waals surface area (Å²) in [5.74, 6) is 0.517. The molecule has 2 aromatic rings. The van der Waals surface area contributed by atoms with Gasteiger partial charge in [0.15, 0.2) is 0 Å². The van der Waals surface area contributed by atoms with Crippen LogP contribution in [0.15, 0.2) is 36.4 Å². The van der Waals surface area contributed by atoms with E-state index in [4.69, 9.17) is 9.47 Å². The van der Waals surface area contributed by atoms with Gasteiger partial charge in [0.05, 0.1) is 20.3 Å². The van der Waals surface area contributed by atoms with E-state index in [9.17, 15) is 9.59 Å². The highest BCUT2D eigenvalue weighted by molar-refractivity contribution is 6.07. The average Bonchev–Trinajstić information content (AvgIpc) is 2.85. The van der Waals surface area contributed by atoms with E-state index in [-0.39, 0.29) is 18.5 Å². The lowest BCUT2D eigenvalue weighted by Gasteiger charge is -2.22. The first-order chi connectivity index (χ1) is 12.0. The van der Waals surface area contributed by atoms with Gasteiger partial charge < -0.3 is 14.8 Å². The minimum absolute atomic E-state index is 0.249. The summed E-state index contributed by atoms with van der Waals surface area (Å²) >= 11 is 0. The molecular weight excluding hydrogens is 320 g/mol. The molecule has 1 aliphatic heterocycles. The van der Waals surface area contributed by atoms with E-state index in [2.05, 4.69) is 5.32 Å². The fourth-order valence-electron chi connectivity index (χ4n) is 3.06. The Morgan fingerprint density at radius 2 is 1.84 bits per heavy atom. The molecule has 0 spiro atoms. The molecule has 0 radical (unpaired) electrons. The lowest BCUT2D eigenvalue weighted by atomic mass is 9.90. The molecule has 2 aromatic carbocycles. The summed E-state index contributed by atoms with van der Waals surface area (Å²) in [7, 11) is 1.63. The first-order valence-corrected chi connectivity index (χ1v) is 8.29. The van der Waals surface area contributed by atoms with Crippen molar-refractivity contribution in [3.8, 4) is 5.75 Å². The van der Waals surface area contributed by atoms with Gasteiger partial charge in [-0.3, -0.25) is 9.69 Å². The van der Waals surface area contributed by atoms with Crippen molar-refractivity contribution in [3.63, 3.8) is 0 Å². The van der Waals surface area contributed by atoms with E-state index in [1.165, 1.54) is 4.90 Å². The second-order valence-electron chi connectivity index (χ2n) is 6.14. The van der Waals surface area contributed by atoms with Gasteiger partial charge in [-0.2, -0.15) is 0 Å². The summed E-state index contributed by atoms with van der Waals surface area (Å²) < 4.78 is 10.5. The predicted octanol–water partition coefficient (Wildman–Crippen LogP) is 2.65. The smallest absolute Gasteiger partial charge is 0.325 e. The van der Waals surface area contributed by atoms with Gasteiger partial charge in [0.25, 0.3) is 5.91 Å². The third kappa shape index (κ3) is 3.05. The Kier molecular flexibility index (Phi) is 4.63. The van der Waals surface area contributed by atoms with E-state index < -0.39 is 5.54 Å². The van der Waals surface area contributed by atoms with Crippen LogP contribution in [0.4, 0.5) is 4.79 Å². The molecule has 3 amide bonds. The molecule has 1 N–H and O–H groups in total. The summed E-state index contributed by atoms with van der Waals surface area (Å²) in [5.41, 5.74) is -0.320.